The topological polar surface area (TPSA) is 57.6 Å². The highest BCUT2D eigenvalue weighted by Gasteiger charge is 2.50. The van der Waals surface area contributed by atoms with E-state index in [1.807, 2.05) is 42.5 Å². The van der Waals surface area contributed by atoms with Crippen LogP contribution in [-0.2, 0) is 16.8 Å². The van der Waals surface area contributed by atoms with Gasteiger partial charge in [0, 0.05) is 12.1 Å². The summed E-state index contributed by atoms with van der Waals surface area (Å²) in [6.45, 7) is 0.445. The Morgan fingerprint density at radius 1 is 1.04 bits per heavy atom. The van der Waals surface area contributed by atoms with E-state index in [9.17, 15) is 14.7 Å². The molecule has 1 aliphatic heterocycles. The predicted molar refractivity (Wildman–Crippen MR) is 114 cm³/mol. The third kappa shape index (κ3) is 3.43. The Bertz CT molecular complexity index is 1030. The van der Waals surface area contributed by atoms with Crippen molar-refractivity contribution in [2.45, 2.75) is 18.4 Å². The summed E-state index contributed by atoms with van der Waals surface area (Å²) in [7, 11) is 0. The summed E-state index contributed by atoms with van der Waals surface area (Å²) in [6.07, 6.45) is 0.403. The molecule has 3 aromatic rings. The molecule has 0 spiro atoms. The van der Waals surface area contributed by atoms with Gasteiger partial charge in [-0.2, -0.15) is 0 Å². The third-order valence-corrected chi connectivity index (χ3v) is 6.64. The summed E-state index contributed by atoms with van der Waals surface area (Å²) in [5.41, 5.74) is 0.451. The average molecular weight is 456 g/mol. The predicted octanol–water partition coefficient (Wildman–Crippen LogP) is 4.56. The van der Waals surface area contributed by atoms with E-state index in [0.29, 0.717) is 29.1 Å². The van der Waals surface area contributed by atoms with Crippen LogP contribution in [0.15, 0.2) is 70.5 Å². The van der Waals surface area contributed by atoms with Crippen LogP contribution < -0.4 is 4.90 Å². The monoisotopic (exact) mass is 455 g/mol. The standard InChI is InChI=1S/C22H18BrNO3S/c23-20-11-10-19(28-20)18(25)14-22(27)16-8-4-5-9-17(16)24(21(22)26)13-12-15-6-2-1-3-7-15/h1-11,27H,12-14H2/t22-/m1/s1. The molecular formula is C22H18BrNO3S. The van der Waals surface area contributed by atoms with Gasteiger partial charge in [0.25, 0.3) is 5.91 Å². The van der Waals surface area contributed by atoms with Gasteiger partial charge in [0.1, 0.15) is 0 Å². The quantitative estimate of drug-likeness (QED) is 0.554. The Morgan fingerprint density at radius 3 is 2.46 bits per heavy atom. The molecule has 1 N–H and O–H groups in total. The first-order valence-electron chi connectivity index (χ1n) is 8.95. The van der Waals surface area contributed by atoms with Gasteiger partial charge >= 0.3 is 0 Å². The SMILES string of the molecule is O=C(C[C@]1(O)C(=O)N(CCc2ccccc2)c2ccccc21)c1ccc(Br)s1. The van der Waals surface area contributed by atoms with Crippen LogP contribution in [0, 0.1) is 0 Å². The number of benzene rings is 2. The molecule has 0 aliphatic carbocycles. The lowest BCUT2D eigenvalue weighted by Crippen LogP contribution is -2.42. The fourth-order valence-electron chi connectivity index (χ4n) is 3.57. The number of nitrogens with zero attached hydrogens (tertiary/aromatic N) is 1. The zero-order valence-corrected chi connectivity index (χ0v) is 17.4. The van der Waals surface area contributed by atoms with E-state index in [-0.39, 0.29) is 12.2 Å². The van der Waals surface area contributed by atoms with Crippen LogP contribution in [0.1, 0.15) is 27.2 Å². The van der Waals surface area contributed by atoms with Crippen molar-refractivity contribution in [2.75, 3.05) is 11.4 Å². The molecule has 0 unspecified atom stereocenters. The van der Waals surface area contributed by atoms with Crippen molar-refractivity contribution >= 4 is 44.6 Å². The van der Waals surface area contributed by atoms with Crippen molar-refractivity contribution in [1.82, 2.24) is 0 Å². The van der Waals surface area contributed by atoms with Crippen LogP contribution in [0.5, 0.6) is 0 Å². The molecule has 0 saturated heterocycles. The van der Waals surface area contributed by atoms with Gasteiger partial charge in [-0.1, -0.05) is 48.5 Å². The highest BCUT2D eigenvalue weighted by atomic mass is 79.9. The van der Waals surface area contributed by atoms with Gasteiger partial charge in [-0.05, 0) is 46.1 Å². The minimum Gasteiger partial charge on any atom is -0.375 e. The number of thiophene rings is 1. The summed E-state index contributed by atoms with van der Waals surface area (Å²) in [5, 5.41) is 11.3. The molecule has 2 heterocycles. The van der Waals surface area contributed by atoms with Crippen LogP contribution in [0.25, 0.3) is 0 Å². The molecule has 1 atom stereocenters. The van der Waals surface area contributed by atoms with Gasteiger partial charge in [0.15, 0.2) is 11.4 Å². The van der Waals surface area contributed by atoms with Crippen molar-refractivity contribution in [3.8, 4) is 0 Å². The molecular weight excluding hydrogens is 438 g/mol. The first-order chi connectivity index (χ1) is 13.5. The lowest BCUT2D eigenvalue weighted by molar-refractivity contribution is -0.135. The Hall–Kier alpha value is -2.28. The molecule has 0 radical (unpaired) electrons. The number of Topliss-reactive ketones (excluding diaryl/α,β-unsaturated/α-hetero) is 1. The van der Waals surface area contributed by atoms with Crippen LogP contribution in [0.2, 0.25) is 0 Å². The summed E-state index contributed by atoms with van der Waals surface area (Å²) in [5.74, 6) is -0.681. The van der Waals surface area contributed by atoms with E-state index >= 15 is 0 Å². The van der Waals surface area contributed by atoms with Crippen molar-refractivity contribution in [3.05, 3.63) is 86.5 Å². The molecule has 4 nitrogen and oxygen atoms in total. The van der Waals surface area contributed by atoms with E-state index in [4.69, 9.17) is 0 Å². The molecule has 28 heavy (non-hydrogen) atoms. The molecule has 0 bridgehead atoms. The fourth-order valence-corrected chi connectivity index (χ4v) is 4.89. The summed E-state index contributed by atoms with van der Waals surface area (Å²) in [4.78, 5) is 28.0. The minimum atomic E-state index is -1.83. The van der Waals surface area contributed by atoms with Gasteiger partial charge in [0.05, 0.1) is 20.8 Å². The second-order valence-electron chi connectivity index (χ2n) is 6.77. The molecule has 0 fully saturated rings. The number of para-hydroxylation sites is 1. The zero-order chi connectivity index (χ0) is 19.7. The second kappa shape index (κ2) is 7.62. The van der Waals surface area contributed by atoms with Gasteiger partial charge in [-0.25, -0.2) is 0 Å². The number of fused-ring (bicyclic) bond motifs is 1. The third-order valence-electron chi connectivity index (χ3n) is 4.97. The Balaban J connectivity index is 1.61. The van der Waals surface area contributed by atoms with Crippen molar-refractivity contribution < 1.29 is 14.7 Å². The lowest BCUT2D eigenvalue weighted by atomic mass is 9.89. The van der Waals surface area contributed by atoms with Crippen molar-refractivity contribution in [2.24, 2.45) is 0 Å². The number of carbonyl (C=O) groups excluding carboxylic acids is 2. The number of ketones is 1. The van der Waals surface area contributed by atoms with Crippen LogP contribution in [0.3, 0.4) is 0 Å². The van der Waals surface area contributed by atoms with E-state index < -0.39 is 11.5 Å². The number of hydrogen-bond donors (Lipinski definition) is 1. The largest absolute Gasteiger partial charge is 0.375 e. The Kier molecular flexibility index (Phi) is 5.19. The Morgan fingerprint density at radius 2 is 1.75 bits per heavy atom. The van der Waals surface area contributed by atoms with Crippen molar-refractivity contribution in [3.63, 3.8) is 0 Å². The molecule has 1 aliphatic rings. The first kappa shape index (κ1) is 19.1. The Labute approximate surface area is 175 Å². The highest BCUT2D eigenvalue weighted by Crippen LogP contribution is 2.43. The van der Waals surface area contributed by atoms with Gasteiger partial charge < -0.3 is 10.0 Å². The number of anilines is 1. The van der Waals surface area contributed by atoms with Gasteiger partial charge in [-0.15, -0.1) is 11.3 Å². The lowest BCUT2D eigenvalue weighted by Gasteiger charge is -2.22. The average Bonchev–Trinajstić information content (AvgIpc) is 3.23. The number of carbonyl (C=O) groups is 2. The fraction of sp³-hybridized carbons (Fsp3) is 0.182. The van der Waals surface area contributed by atoms with E-state index in [2.05, 4.69) is 15.9 Å². The molecule has 1 aromatic heterocycles. The molecule has 6 heteroatoms. The van der Waals surface area contributed by atoms with E-state index in [1.54, 1.807) is 29.2 Å². The molecule has 0 saturated carbocycles. The molecule has 4 rings (SSSR count). The number of aliphatic hydroxyl groups is 1. The van der Waals surface area contributed by atoms with Gasteiger partial charge in [-0.3, -0.25) is 9.59 Å². The molecule has 142 valence electrons. The van der Waals surface area contributed by atoms with Gasteiger partial charge in [0.2, 0.25) is 0 Å². The first-order valence-corrected chi connectivity index (χ1v) is 10.6. The summed E-state index contributed by atoms with van der Waals surface area (Å²) < 4.78 is 0.838. The maximum Gasteiger partial charge on any atom is 0.264 e. The van der Waals surface area contributed by atoms with Crippen LogP contribution in [-0.4, -0.2) is 23.3 Å². The van der Waals surface area contributed by atoms with Crippen LogP contribution in [0.4, 0.5) is 5.69 Å². The number of rotatable bonds is 6. The number of hydrogen-bond acceptors (Lipinski definition) is 4. The maximum absolute atomic E-state index is 13.2. The van der Waals surface area contributed by atoms with Crippen LogP contribution >= 0.6 is 27.3 Å². The summed E-state index contributed by atoms with van der Waals surface area (Å²) >= 11 is 4.65. The summed E-state index contributed by atoms with van der Waals surface area (Å²) in [6, 6.07) is 20.6. The highest BCUT2D eigenvalue weighted by molar-refractivity contribution is 9.11. The number of amides is 1. The number of halogens is 1. The minimum absolute atomic E-state index is 0.244. The zero-order valence-electron chi connectivity index (χ0n) is 15.0. The molecule has 2 aromatic carbocycles. The maximum atomic E-state index is 13.2. The van der Waals surface area contributed by atoms with E-state index in [0.717, 1.165) is 9.35 Å². The normalized spacial score (nSPS) is 18.4. The smallest absolute Gasteiger partial charge is 0.264 e. The van der Waals surface area contributed by atoms with Crippen molar-refractivity contribution in [1.29, 1.82) is 0 Å². The second-order valence-corrected chi connectivity index (χ2v) is 9.24. The van der Waals surface area contributed by atoms with E-state index in [1.165, 1.54) is 11.3 Å². The molecule has 1 amide bonds.